The number of nitrogens with two attached hydrogens (primary N) is 1. The molecule has 0 spiro atoms. The molecule has 0 fully saturated rings. The Morgan fingerprint density at radius 1 is 1.50 bits per heavy atom. The summed E-state index contributed by atoms with van der Waals surface area (Å²) in [6.07, 6.45) is 6.48. The zero-order valence-electron chi connectivity index (χ0n) is 9.54. The molecule has 0 radical (unpaired) electrons. The lowest BCUT2D eigenvalue weighted by Crippen LogP contribution is -2.09. The number of nitrogens with zero attached hydrogens (tertiary/aromatic N) is 5. The van der Waals surface area contributed by atoms with E-state index < -0.39 is 0 Å². The molecule has 2 aromatic heterocycles. The SMILES string of the molecule is CC(N)c1ncn(CCc2cnn(C)c2)n1. The second-order valence-electron chi connectivity index (χ2n) is 3.93. The van der Waals surface area contributed by atoms with Crippen molar-refractivity contribution < 1.29 is 0 Å². The van der Waals surface area contributed by atoms with Crippen molar-refractivity contribution in [2.45, 2.75) is 25.9 Å². The van der Waals surface area contributed by atoms with Crippen molar-refractivity contribution in [1.82, 2.24) is 24.5 Å². The van der Waals surface area contributed by atoms with Gasteiger partial charge in [-0.1, -0.05) is 0 Å². The summed E-state index contributed by atoms with van der Waals surface area (Å²) in [6, 6.07) is -0.111. The minimum Gasteiger partial charge on any atom is -0.321 e. The minimum absolute atomic E-state index is 0.111. The monoisotopic (exact) mass is 220 g/mol. The second-order valence-corrected chi connectivity index (χ2v) is 3.93. The third kappa shape index (κ3) is 2.46. The fraction of sp³-hybridized carbons (Fsp3) is 0.500. The molecule has 1 unspecified atom stereocenters. The molecule has 2 heterocycles. The van der Waals surface area contributed by atoms with Crippen molar-refractivity contribution in [1.29, 1.82) is 0 Å². The van der Waals surface area contributed by atoms with E-state index in [0.717, 1.165) is 13.0 Å². The summed E-state index contributed by atoms with van der Waals surface area (Å²) < 4.78 is 3.61. The van der Waals surface area contributed by atoms with Crippen LogP contribution >= 0.6 is 0 Å². The highest BCUT2D eigenvalue weighted by Gasteiger charge is 2.05. The lowest BCUT2D eigenvalue weighted by molar-refractivity contribution is 0.595. The highest BCUT2D eigenvalue weighted by molar-refractivity contribution is 5.03. The molecule has 2 aromatic rings. The van der Waals surface area contributed by atoms with Gasteiger partial charge in [0.1, 0.15) is 6.33 Å². The maximum atomic E-state index is 5.69. The summed E-state index contributed by atoms with van der Waals surface area (Å²) in [6.45, 7) is 2.67. The maximum absolute atomic E-state index is 5.69. The van der Waals surface area contributed by atoms with Crippen LogP contribution in [0.5, 0.6) is 0 Å². The van der Waals surface area contributed by atoms with Gasteiger partial charge in [-0.25, -0.2) is 4.98 Å². The van der Waals surface area contributed by atoms with Gasteiger partial charge in [-0.2, -0.15) is 10.2 Å². The van der Waals surface area contributed by atoms with Crippen LogP contribution in [-0.2, 0) is 20.0 Å². The predicted octanol–water partition coefficient (Wildman–Crippen LogP) is 0.274. The molecule has 86 valence electrons. The molecule has 2 N–H and O–H groups in total. The molecule has 0 amide bonds. The van der Waals surface area contributed by atoms with Crippen LogP contribution < -0.4 is 5.73 Å². The van der Waals surface area contributed by atoms with Crippen LogP contribution in [0.3, 0.4) is 0 Å². The van der Waals surface area contributed by atoms with E-state index >= 15 is 0 Å². The number of hydrogen-bond acceptors (Lipinski definition) is 4. The van der Waals surface area contributed by atoms with Gasteiger partial charge in [0.15, 0.2) is 5.82 Å². The van der Waals surface area contributed by atoms with Crippen molar-refractivity contribution in [3.63, 3.8) is 0 Å². The van der Waals surface area contributed by atoms with Gasteiger partial charge in [0.25, 0.3) is 0 Å². The molecule has 16 heavy (non-hydrogen) atoms. The molecule has 0 saturated heterocycles. The number of rotatable bonds is 4. The van der Waals surface area contributed by atoms with Crippen molar-refractivity contribution in [3.05, 3.63) is 30.1 Å². The van der Waals surface area contributed by atoms with E-state index in [9.17, 15) is 0 Å². The standard InChI is InChI=1S/C10H16N6/c1-8(11)10-12-7-16(14-10)4-3-9-5-13-15(2)6-9/h5-8H,3-4,11H2,1-2H3. The Morgan fingerprint density at radius 3 is 2.88 bits per heavy atom. The summed E-state index contributed by atoms with van der Waals surface area (Å²) in [4.78, 5) is 4.14. The molecule has 6 heteroatoms. The largest absolute Gasteiger partial charge is 0.321 e. The molecule has 0 saturated carbocycles. The van der Waals surface area contributed by atoms with E-state index in [0.29, 0.717) is 5.82 Å². The first-order valence-corrected chi connectivity index (χ1v) is 5.27. The van der Waals surface area contributed by atoms with Gasteiger partial charge in [-0.3, -0.25) is 9.36 Å². The van der Waals surface area contributed by atoms with Gasteiger partial charge >= 0.3 is 0 Å². The molecule has 0 bridgehead atoms. The Balaban J connectivity index is 1.94. The van der Waals surface area contributed by atoms with Crippen LogP contribution in [-0.4, -0.2) is 24.5 Å². The Labute approximate surface area is 94.1 Å². The first kappa shape index (κ1) is 10.8. The fourth-order valence-electron chi connectivity index (χ4n) is 1.47. The predicted molar refractivity (Wildman–Crippen MR) is 59.5 cm³/mol. The Kier molecular flexibility index (Phi) is 3.00. The highest BCUT2D eigenvalue weighted by atomic mass is 15.3. The zero-order chi connectivity index (χ0) is 11.5. The van der Waals surface area contributed by atoms with E-state index in [1.165, 1.54) is 5.56 Å². The molecule has 0 aliphatic heterocycles. The van der Waals surface area contributed by atoms with E-state index in [2.05, 4.69) is 15.2 Å². The molecule has 1 atom stereocenters. The number of aromatic nitrogens is 5. The van der Waals surface area contributed by atoms with E-state index in [-0.39, 0.29) is 6.04 Å². The first-order chi connectivity index (χ1) is 7.65. The molecule has 2 rings (SSSR count). The molecule has 6 nitrogen and oxygen atoms in total. The third-order valence-corrected chi connectivity index (χ3v) is 2.35. The fourth-order valence-corrected chi connectivity index (χ4v) is 1.47. The van der Waals surface area contributed by atoms with Gasteiger partial charge in [-0.15, -0.1) is 0 Å². The summed E-state index contributed by atoms with van der Waals surface area (Å²) in [5, 5.41) is 8.40. The van der Waals surface area contributed by atoms with Gasteiger partial charge in [0.05, 0.1) is 12.2 Å². The number of hydrogen-bond donors (Lipinski definition) is 1. The van der Waals surface area contributed by atoms with Crippen LogP contribution in [0.4, 0.5) is 0 Å². The van der Waals surface area contributed by atoms with Gasteiger partial charge in [0, 0.05) is 19.8 Å². The maximum Gasteiger partial charge on any atom is 0.166 e. The Hall–Kier alpha value is -1.69. The quantitative estimate of drug-likeness (QED) is 0.802. The minimum atomic E-state index is -0.111. The lowest BCUT2D eigenvalue weighted by Gasteiger charge is -1.99. The van der Waals surface area contributed by atoms with Crippen molar-refractivity contribution in [3.8, 4) is 0 Å². The van der Waals surface area contributed by atoms with Crippen LogP contribution in [0, 0.1) is 0 Å². The topological polar surface area (TPSA) is 74.5 Å². The Morgan fingerprint density at radius 2 is 2.31 bits per heavy atom. The number of aryl methyl sites for hydroxylation is 3. The molecule has 0 aromatic carbocycles. The first-order valence-electron chi connectivity index (χ1n) is 5.27. The van der Waals surface area contributed by atoms with Gasteiger partial charge in [-0.05, 0) is 18.9 Å². The highest BCUT2D eigenvalue weighted by Crippen LogP contribution is 2.03. The molecular formula is C10H16N6. The normalized spacial score (nSPS) is 12.9. The van der Waals surface area contributed by atoms with E-state index in [1.807, 2.05) is 31.0 Å². The van der Waals surface area contributed by atoms with Crippen LogP contribution in [0.25, 0.3) is 0 Å². The molecule has 0 aliphatic rings. The van der Waals surface area contributed by atoms with E-state index in [1.54, 1.807) is 11.0 Å². The smallest absolute Gasteiger partial charge is 0.166 e. The van der Waals surface area contributed by atoms with Crippen LogP contribution in [0.2, 0.25) is 0 Å². The van der Waals surface area contributed by atoms with Crippen LogP contribution in [0.1, 0.15) is 24.4 Å². The molecule has 0 aliphatic carbocycles. The second kappa shape index (κ2) is 4.44. The summed E-state index contributed by atoms with van der Waals surface area (Å²) in [5.41, 5.74) is 6.88. The Bertz CT molecular complexity index is 455. The van der Waals surface area contributed by atoms with Gasteiger partial charge < -0.3 is 5.73 Å². The van der Waals surface area contributed by atoms with Crippen molar-refractivity contribution >= 4 is 0 Å². The lowest BCUT2D eigenvalue weighted by atomic mass is 10.2. The third-order valence-electron chi connectivity index (χ3n) is 2.35. The summed E-state index contributed by atoms with van der Waals surface area (Å²) >= 11 is 0. The summed E-state index contributed by atoms with van der Waals surface area (Å²) in [7, 11) is 1.91. The average Bonchev–Trinajstić information content (AvgIpc) is 2.83. The van der Waals surface area contributed by atoms with Crippen molar-refractivity contribution in [2.24, 2.45) is 12.8 Å². The molecular weight excluding hydrogens is 204 g/mol. The van der Waals surface area contributed by atoms with Crippen molar-refractivity contribution in [2.75, 3.05) is 0 Å². The average molecular weight is 220 g/mol. The summed E-state index contributed by atoms with van der Waals surface area (Å²) in [5.74, 6) is 0.686. The van der Waals surface area contributed by atoms with Crippen LogP contribution in [0.15, 0.2) is 18.7 Å². The van der Waals surface area contributed by atoms with Gasteiger partial charge in [0.2, 0.25) is 0 Å². The van der Waals surface area contributed by atoms with E-state index in [4.69, 9.17) is 5.73 Å². The zero-order valence-corrected chi connectivity index (χ0v) is 9.54.